The Morgan fingerprint density at radius 1 is 1.29 bits per heavy atom. The first-order valence-corrected chi connectivity index (χ1v) is 8.09. The third-order valence-electron chi connectivity index (χ3n) is 4.23. The van der Waals surface area contributed by atoms with Gasteiger partial charge in [-0.25, -0.2) is 0 Å². The zero-order valence-electron chi connectivity index (χ0n) is 13.4. The highest BCUT2D eigenvalue weighted by molar-refractivity contribution is 5.98. The van der Waals surface area contributed by atoms with Crippen LogP contribution in [0.1, 0.15) is 33.7 Å². The maximum atomic E-state index is 12.6. The summed E-state index contributed by atoms with van der Waals surface area (Å²) in [7, 11) is 0. The lowest BCUT2D eigenvalue weighted by Crippen LogP contribution is -2.41. The Morgan fingerprint density at radius 3 is 2.79 bits per heavy atom. The molecule has 1 fully saturated rings. The molecule has 1 atom stereocenters. The number of likely N-dealkylation sites (tertiary alicyclic amines) is 1. The summed E-state index contributed by atoms with van der Waals surface area (Å²) < 4.78 is 5.81. The first-order chi connectivity index (χ1) is 11.6. The first-order valence-electron chi connectivity index (χ1n) is 8.09. The van der Waals surface area contributed by atoms with E-state index in [4.69, 9.17) is 10.5 Å². The number of carbonyl (C=O) groups excluding carboxylic acids is 2. The van der Waals surface area contributed by atoms with Crippen LogP contribution in [-0.2, 0) is 0 Å². The molecule has 0 unspecified atom stereocenters. The fraction of sp³-hybridized carbons (Fsp3) is 0.333. The molecule has 2 heterocycles. The van der Waals surface area contributed by atoms with E-state index in [9.17, 15) is 9.59 Å². The fourth-order valence-electron chi connectivity index (χ4n) is 2.95. The molecule has 1 aliphatic heterocycles. The highest BCUT2D eigenvalue weighted by Crippen LogP contribution is 2.20. The minimum atomic E-state index is -0.543. The third-order valence-corrected chi connectivity index (χ3v) is 4.23. The molecule has 1 aromatic heterocycles. The summed E-state index contributed by atoms with van der Waals surface area (Å²) in [4.78, 5) is 28.3. The van der Waals surface area contributed by atoms with Crippen LogP contribution in [0.15, 0.2) is 42.6 Å². The molecule has 0 aliphatic carbocycles. The lowest BCUT2D eigenvalue weighted by atomic mass is 9.98. The van der Waals surface area contributed by atoms with E-state index in [1.165, 1.54) is 12.3 Å². The zero-order valence-corrected chi connectivity index (χ0v) is 13.4. The van der Waals surface area contributed by atoms with Gasteiger partial charge in [0, 0.05) is 25.2 Å². The molecule has 3 N–H and O–H groups in total. The van der Waals surface area contributed by atoms with Crippen molar-refractivity contribution in [3.63, 3.8) is 0 Å². The van der Waals surface area contributed by atoms with Crippen molar-refractivity contribution in [1.29, 1.82) is 0 Å². The van der Waals surface area contributed by atoms with E-state index >= 15 is 0 Å². The van der Waals surface area contributed by atoms with Crippen LogP contribution < -0.4 is 10.5 Å². The van der Waals surface area contributed by atoms with Crippen LogP contribution in [0.25, 0.3) is 0 Å². The van der Waals surface area contributed by atoms with E-state index in [0.717, 1.165) is 18.6 Å². The molecular weight excluding hydrogens is 306 g/mol. The zero-order chi connectivity index (χ0) is 16.9. The number of H-pyrrole nitrogens is 1. The number of carbonyl (C=O) groups is 2. The Hall–Kier alpha value is -2.76. The van der Waals surface area contributed by atoms with Crippen molar-refractivity contribution in [3.8, 4) is 5.75 Å². The maximum Gasteiger partial charge on any atom is 0.270 e. The van der Waals surface area contributed by atoms with Gasteiger partial charge in [-0.2, -0.15) is 0 Å². The number of ether oxygens (including phenoxy) is 1. The normalized spacial score (nSPS) is 17.5. The van der Waals surface area contributed by atoms with Gasteiger partial charge >= 0.3 is 0 Å². The molecule has 0 saturated carbocycles. The van der Waals surface area contributed by atoms with Crippen LogP contribution >= 0.6 is 0 Å². The van der Waals surface area contributed by atoms with Gasteiger partial charge in [0.1, 0.15) is 11.4 Å². The Bertz CT molecular complexity index is 711. The summed E-state index contributed by atoms with van der Waals surface area (Å²) in [5.41, 5.74) is 5.94. The molecule has 6 nitrogen and oxygen atoms in total. The third kappa shape index (κ3) is 3.76. The Balaban J connectivity index is 1.58. The molecule has 1 saturated heterocycles. The van der Waals surface area contributed by atoms with E-state index in [-0.39, 0.29) is 5.91 Å². The average Bonchev–Trinajstić information content (AvgIpc) is 3.11. The first kappa shape index (κ1) is 16.1. The van der Waals surface area contributed by atoms with E-state index < -0.39 is 5.91 Å². The molecule has 24 heavy (non-hydrogen) atoms. The van der Waals surface area contributed by atoms with Gasteiger partial charge in [0.15, 0.2) is 0 Å². The quantitative estimate of drug-likeness (QED) is 0.881. The second-order valence-corrected chi connectivity index (χ2v) is 6.05. The second-order valence-electron chi connectivity index (χ2n) is 6.05. The molecule has 0 bridgehead atoms. The van der Waals surface area contributed by atoms with Crippen LogP contribution in [0.4, 0.5) is 0 Å². The van der Waals surface area contributed by atoms with Gasteiger partial charge in [-0.1, -0.05) is 18.2 Å². The number of benzene rings is 1. The van der Waals surface area contributed by atoms with Crippen molar-refractivity contribution < 1.29 is 14.3 Å². The monoisotopic (exact) mass is 327 g/mol. The minimum absolute atomic E-state index is 0.105. The predicted octanol–water partition coefficient (Wildman–Crippen LogP) is 2.04. The molecule has 0 spiro atoms. The number of aromatic amines is 1. The summed E-state index contributed by atoms with van der Waals surface area (Å²) >= 11 is 0. The van der Waals surface area contributed by atoms with E-state index in [1.807, 2.05) is 30.3 Å². The van der Waals surface area contributed by atoms with Gasteiger partial charge in [-0.05, 0) is 31.0 Å². The summed E-state index contributed by atoms with van der Waals surface area (Å²) in [6, 6.07) is 11.2. The highest BCUT2D eigenvalue weighted by Gasteiger charge is 2.26. The fourth-order valence-corrected chi connectivity index (χ4v) is 2.95. The van der Waals surface area contributed by atoms with Crippen molar-refractivity contribution in [2.24, 2.45) is 11.7 Å². The lowest BCUT2D eigenvalue weighted by Gasteiger charge is -2.32. The number of rotatable bonds is 5. The molecule has 0 radical (unpaired) electrons. The van der Waals surface area contributed by atoms with Crippen molar-refractivity contribution in [1.82, 2.24) is 9.88 Å². The number of aromatic nitrogens is 1. The topological polar surface area (TPSA) is 88.4 Å². The largest absolute Gasteiger partial charge is 0.493 e. The smallest absolute Gasteiger partial charge is 0.270 e. The number of hydrogen-bond donors (Lipinski definition) is 2. The molecule has 2 aromatic rings. The predicted molar refractivity (Wildman–Crippen MR) is 89.9 cm³/mol. The number of hydrogen-bond acceptors (Lipinski definition) is 3. The molecule has 2 amide bonds. The van der Waals surface area contributed by atoms with Gasteiger partial charge in [0.2, 0.25) is 5.91 Å². The van der Waals surface area contributed by atoms with E-state index in [1.54, 1.807) is 4.90 Å². The van der Waals surface area contributed by atoms with Gasteiger partial charge in [0.25, 0.3) is 5.91 Å². The number of amides is 2. The van der Waals surface area contributed by atoms with E-state index in [0.29, 0.717) is 36.9 Å². The maximum absolute atomic E-state index is 12.6. The van der Waals surface area contributed by atoms with Crippen LogP contribution in [0.3, 0.4) is 0 Å². The number of primary amides is 1. The van der Waals surface area contributed by atoms with E-state index in [2.05, 4.69) is 4.98 Å². The number of nitrogens with two attached hydrogens (primary N) is 1. The Kier molecular flexibility index (Phi) is 4.84. The van der Waals surface area contributed by atoms with Crippen LogP contribution in [0, 0.1) is 5.92 Å². The standard InChI is InChI=1S/C18H21N3O3/c19-17(22)14-9-16(20-10-14)18(23)21-8-4-5-13(11-21)12-24-15-6-2-1-3-7-15/h1-3,6-7,9-10,13,20H,4-5,8,11-12H2,(H2,19,22)/t13-/m0/s1. The van der Waals surface area contributed by atoms with Gasteiger partial charge in [-0.15, -0.1) is 0 Å². The summed E-state index contributed by atoms with van der Waals surface area (Å²) in [6.45, 7) is 1.95. The number of nitrogens with zero attached hydrogens (tertiary/aromatic N) is 1. The van der Waals surface area contributed by atoms with Crippen molar-refractivity contribution >= 4 is 11.8 Å². The SMILES string of the molecule is NC(=O)c1c[nH]c(C(=O)N2CCC[C@H](COc3ccccc3)C2)c1. The number of piperidine rings is 1. The van der Waals surface area contributed by atoms with Crippen molar-refractivity contribution in [2.75, 3.05) is 19.7 Å². The molecule has 1 aliphatic rings. The molecular formula is C18H21N3O3. The van der Waals surface area contributed by atoms with Crippen molar-refractivity contribution in [2.45, 2.75) is 12.8 Å². The number of para-hydroxylation sites is 1. The second kappa shape index (κ2) is 7.21. The molecule has 6 heteroatoms. The van der Waals surface area contributed by atoms with Gasteiger partial charge in [-0.3, -0.25) is 9.59 Å². The van der Waals surface area contributed by atoms with Crippen molar-refractivity contribution in [3.05, 3.63) is 53.9 Å². The summed E-state index contributed by atoms with van der Waals surface area (Å²) in [5, 5.41) is 0. The average molecular weight is 327 g/mol. The Morgan fingerprint density at radius 2 is 2.08 bits per heavy atom. The highest BCUT2D eigenvalue weighted by atomic mass is 16.5. The lowest BCUT2D eigenvalue weighted by molar-refractivity contribution is 0.0628. The minimum Gasteiger partial charge on any atom is -0.493 e. The summed E-state index contributed by atoms with van der Waals surface area (Å²) in [5.74, 6) is 0.495. The van der Waals surface area contributed by atoms with Crippen LogP contribution in [0.5, 0.6) is 5.75 Å². The van der Waals surface area contributed by atoms with Crippen LogP contribution in [-0.4, -0.2) is 41.4 Å². The molecule has 1 aromatic carbocycles. The molecule has 3 rings (SSSR count). The molecule has 126 valence electrons. The van der Waals surface area contributed by atoms with Crippen LogP contribution in [0.2, 0.25) is 0 Å². The Labute approximate surface area is 140 Å². The number of nitrogens with one attached hydrogen (secondary N) is 1. The summed E-state index contributed by atoms with van der Waals surface area (Å²) in [6.07, 6.45) is 3.45. The van der Waals surface area contributed by atoms with Gasteiger partial charge in [0.05, 0.1) is 12.2 Å². The van der Waals surface area contributed by atoms with Gasteiger partial charge < -0.3 is 20.4 Å².